The van der Waals surface area contributed by atoms with Crippen LogP contribution >= 0.6 is 0 Å². The van der Waals surface area contributed by atoms with Gasteiger partial charge in [-0.05, 0) is 71.4 Å². The molecule has 3 heterocycles. The maximum absolute atomic E-state index is 7.07. The molecule has 290 valence electrons. The van der Waals surface area contributed by atoms with Gasteiger partial charge < -0.3 is 18.3 Å². The van der Waals surface area contributed by atoms with E-state index >= 15 is 0 Å². The predicted molar refractivity (Wildman–Crippen MR) is 258 cm³/mol. The van der Waals surface area contributed by atoms with Crippen molar-refractivity contribution in [2.24, 2.45) is 0 Å². The molecular weight excluding hydrogens is 757 g/mol. The molecule has 0 aliphatic rings. The van der Waals surface area contributed by atoms with Crippen LogP contribution in [0.5, 0.6) is 0 Å². The highest BCUT2D eigenvalue weighted by Gasteiger charge is 2.26. The summed E-state index contributed by atoms with van der Waals surface area (Å²) in [6.45, 7) is 0. The van der Waals surface area contributed by atoms with Gasteiger partial charge >= 0.3 is 0 Å². The van der Waals surface area contributed by atoms with E-state index < -0.39 is 0 Å². The lowest BCUT2D eigenvalue weighted by molar-refractivity contribution is 0.669. The predicted octanol–water partition coefficient (Wildman–Crippen LogP) is 16.5. The molecule has 3 aromatic heterocycles. The number of nitrogens with zero attached hydrogens (tertiary/aromatic N) is 2. The Kier molecular flexibility index (Phi) is 7.57. The summed E-state index contributed by atoms with van der Waals surface area (Å²) in [7, 11) is 0. The van der Waals surface area contributed by atoms with Gasteiger partial charge in [-0.3, -0.25) is 0 Å². The van der Waals surface area contributed by atoms with Crippen molar-refractivity contribution in [3.05, 3.63) is 218 Å². The van der Waals surface area contributed by atoms with Gasteiger partial charge in [-0.2, -0.15) is 0 Å². The number of aromatic nitrogens is 1. The van der Waals surface area contributed by atoms with Gasteiger partial charge in [-0.15, -0.1) is 0 Å². The molecule has 0 saturated heterocycles. The number of furan rings is 2. The maximum Gasteiger partial charge on any atom is 0.145 e. The van der Waals surface area contributed by atoms with E-state index in [-0.39, 0.29) is 0 Å². The van der Waals surface area contributed by atoms with E-state index in [2.05, 4.69) is 216 Å². The lowest BCUT2D eigenvalue weighted by atomic mass is 9.96. The molecule has 13 rings (SSSR count). The second kappa shape index (κ2) is 13.6. The zero-order valence-electron chi connectivity index (χ0n) is 33.5. The summed E-state index contributed by atoms with van der Waals surface area (Å²) in [6.07, 6.45) is 0. The highest BCUT2D eigenvalue weighted by atomic mass is 16.3. The van der Waals surface area contributed by atoms with Crippen LogP contribution in [0.2, 0.25) is 0 Å². The van der Waals surface area contributed by atoms with E-state index in [0.717, 1.165) is 105 Å². The van der Waals surface area contributed by atoms with Crippen LogP contribution in [-0.4, -0.2) is 4.57 Å². The zero-order valence-corrected chi connectivity index (χ0v) is 33.5. The van der Waals surface area contributed by atoms with Gasteiger partial charge in [0.15, 0.2) is 0 Å². The molecule has 4 heteroatoms. The maximum atomic E-state index is 7.07. The molecule has 0 amide bonds. The smallest absolute Gasteiger partial charge is 0.145 e. The van der Waals surface area contributed by atoms with E-state index in [0.29, 0.717) is 0 Å². The molecule has 0 atom stereocenters. The first-order chi connectivity index (χ1) is 30.8. The molecule has 0 radical (unpaired) electrons. The number of benzene rings is 10. The largest absolute Gasteiger partial charge is 0.455 e. The molecule has 13 aromatic rings. The Morgan fingerprint density at radius 2 is 0.903 bits per heavy atom. The highest BCUT2D eigenvalue weighted by molar-refractivity contribution is 6.19. The second-order valence-electron chi connectivity index (χ2n) is 16.0. The molecular formula is C58H36N2O2. The second-order valence-corrected chi connectivity index (χ2v) is 16.0. The fraction of sp³-hybridized carbons (Fsp3) is 0. The van der Waals surface area contributed by atoms with Gasteiger partial charge in [-0.1, -0.05) is 158 Å². The van der Waals surface area contributed by atoms with E-state index in [1.165, 1.54) is 16.2 Å². The number of hydrogen-bond acceptors (Lipinski definition) is 3. The molecule has 0 saturated carbocycles. The van der Waals surface area contributed by atoms with Crippen molar-refractivity contribution in [2.45, 2.75) is 0 Å². The summed E-state index contributed by atoms with van der Waals surface area (Å²) in [6, 6.07) is 77.9. The Morgan fingerprint density at radius 3 is 1.71 bits per heavy atom. The molecule has 10 aromatic carbocycles. The first-order valence-electron chi connectivity index (χ1n) is 21.1. The monoisotopic (exact) mass is 792 g/mol. The molecule has 0 N–H and O–H groups in total. The summed E-state index contributed by atoms with van der Waals surface area (Å²) >= 11 is 0. The average Bonchev–Trinajstić information content (AvgIpc) is 4.02. The topological polar surface area (TPSA) is 34.5 Å². The van der Waals surface area contributed by atoms with Crippen LogP contribution in [0.25, 0.3) is 104 Å². The fourth-order valence-corrected chi connectivity index (χ4v) is 9.87. The Labute approximate surface area is 356 Å². The van der Waals surface area contributed by atoms with Crippen molar-refractivity contribution >= 4 is 93.5 Å². The van der Waals surface area contributed by atoms with E-state index in [1.807, 2.05) is 12.1 Å². The van der Waals surface area contributed by atoms with E-state index in [9.17, 15) is 0 Å². The first-order valence-corrected chi connectivity index (χ1v) is 21.1. The zero-order chi connectivity index (χ0) is 40.7. The van der Waals surface area contributed by atoms with Crippen LogP contribution in [0.1, 0.15) is 0 Å². The van der Waals surface area contributed by atoms with Crippen LogP contribution in [0.3, 0.4) is 0 Å². The van der Waals surface area contributed by atoms with Crippen molar-refractivity contribution in [3.8, 4) is 27.9 Å². The van der Waals surface area contributed by atoms with Gasteiger partial charge in [0, 0.05) is 54.9 Å². The normalized spacial score (nSPS) is 11.9. The molecule has 0 bridgehead atoms. The van der Waals surface area contributed by atoms with E-state index in [1.54, 1.807) is 0 Å². The van der Waals surface area contributed by atoms with Crippen molar-refractivity contribution in [1.29, 1.82) is 0 Å². The quantitative estimate of drug-likeness (QED) is 0.168. The van der Waals surface area contributed by atoms with Crippen LogP contribution < -0.4 is 4.90 Å². The molecule has 0 aliphatic heterocycles. The molecule has 0 aliphatic carbocycles. The third-order valence-corrected chi connectivity index (χ3v) is 12.6. The summed E-state index contributed by atoms with van der Waals surface area (Å²) < 4.78 is 16.2. The summed E-state index contributed by atoms with van der Waals surface area (Å²) in [5.74, 6) is 0. The average molecular weight is 793 g/mol. The van der Waals surface area contributed by atoms with Crippen molar-refractivity contribution in [1.82, 2.24) is 4.57 Å². The van der Waals surface area contributed by atoms with Gasteiger partial charge in [0.2, 0.25) is 0 Å². The van der Waals surface area contributed by atoms with Crippen LogP contribution in [0, 0.1) is 0 Å². The number of rotatable bonds is 6. The third kappa shape index (κ3) is 5.14. The summed E-state index contributed by atoms with van der Waals surface area (Å²) in [5.41, 5.74) is 14.1. The Morgan fingerprint density at radius 1 is 0.339 bits per heavy atom. The number of hydrogen-bond donors (Lipinski definition) is 0. The van der Waals surface area contributed by atoms with Crippen LogP contribution in [0.15, 0.2) is 227 Å². The van der Waals surface area contributed by atoms with E-state index in [4.69, 9.17) is 8.83 Å². The molecule has 0 unspecified atom stereocenters. The van der Waals surface area contributed by atoms with Gasteiger partial charge in [0.05, 0.1) is 33.5 Å². The molecule has 0 fully saturated rings. The van der Waals surface area contributed by atoms with Crippen molar-refractivity contribution in [2.75, 3.05) is 4.90 Å². The molecule has 4 nitrogen and oxygen atoms in total. The Hall–Kier alpha value is -8.34. The van der Waals surface area contributed by atoms with Crippen LogP contribution in [0.4, 0.5) is 17.1 Å². The van der Waals surface area contributed by atoms with Crippen molar-refractivity contribution < 1.29 is 8.83 Å². The Bertz CT molecular complexity index is 3850. The minimum atomic E-state index is 0.833. The summed E-state index contributed by atoms with van der Waals surface area (Å²) in [5, 5.41) is 9.10. The number of anilines is 3. The third-order valence-electron chi connectivity index (χ3n) is 12.6. The number of para-hydroxylation sites is 7. The first kappa shape index (κ1) is 34.5. The minimum Gasteiger partial charge on any atom is -0.455 e. The standard InChI is InChI=1S/C58H36N2O2/c1-2-17-38-36-39(33-32-37(38)16-1)59(49-26-9-5-20-42(49)45-24-15-25-46-44-22-7-13-30-54(44)61-57(45)46)53-35-34-47(58-56(53)48-23-8-14-31-55(48)62-58)43-21-6-12-29-52(43)60-50-27-10-3-18-40(50)41-19-4-11-28-51(41)60/h1-36H. The van der Waals surface area contributed by atoms with Crippen LogP contribution in [-0.2, 0) is 0 Å². The van der Waals surface area contributed by atoms with Crippen molar-refractivity contribution in [3.63, 3.8) is 0 Å². The minimum absolute atomic E-state index is 0.833. The van der Waals surface area contributed by atoms with Gasteiger partial charge in [0.25, 0.3) is 0 Å². The lowest BCUT2D eigenvalue weighted by Gasteiger charge is -2.29. The Balaban J connectivity index is 1.10. The molecule has 0 spiro atoms. The fourth-order valence-electron chi connectivity index (χ4n) is 9.87. The summed E-state index contributed by atoms with van der Waals surface area (Å²) in [4.78, 5) is 2.41. The van der Waals surface area contributed by atoms with Gasteiger partial charge in [0.1, 0.15) is 22.3 Å². The lowest BCUT2D eigenvalue weighted by Crippen LogP contribution is -2.12. The molecule has 62 heavy (non-hydrogen) atoms. The van der Waals surface area contributed by atoms with Gasteiger partial charge in [-0.25, -0.2) is 0 Å². The highest BCUT2D eigenvalue weighted by Crippen LogP contribution is 2.50. The number of fused-ring (bicyclic) bond motifs is 10. The SMILES string of the molecule is c1ccc(N(c2ccc3ccccc3c2)c2ccc(-c3ccccc3-n3c4ccccc4c4ccccc43)c3oc4ccccc4c23)c(-c2cccc3c2oc2ccccc23)c1.